The Balaban J connectivity index is 1.82. The molecule has 0 spiro atoms. The molecular weight excluding hydrogens is 292 g/mol. The van der Waals surface area contributed by atoms with Crippen LogP contribution in [0.25, 0.3) is 0 Å². The molecule has 2 rings (SSSR count). The van der Waals surface area contributed by atoms with Gasteiger partial charge in [0.15, 0.2) is 0 Å². The molecule has 0 atom stereocenters. The van der Waals surface area contributed by atoms with Gasteiger partial charge in [0.05, 0.1) is 13.7 Å². The van der Waals surface area contributed by atoms with Crippen LogP contribution in [-0.4, -0.2) is 13.7 Å². The molecule has 3 heteroatoms. The number of rotatable bonds is 5. The molecule has 94 valence electrons. The summed E-state index contributed by atoms with van der Waals surface area (Å²) in [6, 6.07) is 15.9. The van der Waals surface area contributed by atoms with E-state index in [-0.39, 0.29) is 0 Å². The van der Waals surface area contributed by atoms with Gasteiger partial charge in [-0.05, 0) is 42.0 Å². The van der Waals surface area contributed by atoms with Crippen LogP contribution in [-0.2, 0) is 6.42 Å². The minimum atomic E-state index is 0.675. The highest BCUT2D eigenvalue weighted by Crippen LogP contribution is 2.17. The first-order chi connectivity index (χ1) is 8.78. The van der Waals surface area contributed by atoms with Gasteiger partial charge in [-0.15, -0.1) is 0 Å². The molecule has 0 aliphatic rings. The first-order valence-corrected chi connectivity index (χ1v) is 6.58. The Bertz CT molecular complexity index is 477. The van der Waals surface area contributed by atoms with Crippen molar-refractivity contribution in [2.24, 2.45) is 0 Å². The Labute approximate surface area is 116 Å². The molecule has 0 heterocycles. The topological polar surface area (TPSA) is 18.5 Å². The summed E-state index contributed by atoms with van der Waals surface area (Å²) in [6.45, 7) is 0.675. The van der Waals surface area contributed by atoms with Crippen LogP contribution in [0.15, 0.2) is 53.0 Å². The van der Waals surface area contributed by atoms with Gasteiger partial charge >= 0.3 is 0 Å². The molecule has 0 aliphatic heterocycles. The van der Waals surface area contributed by atoms with Gasteiger partial charge < -0.3 is 9.47 Å². The zero-order valence-electron chi connectivity index (χ0n) is 10.2. The van der Waals surface area contributed by atoms with Crippen LogP contribution in [0.4, 0.5) is 0 Å². The first kappa shape index (κ1) is 13.0. The average Bonchev–Trinajstić information content (AvgIpc) is 2.42. The minimum absolute atomic E-state index is 0.675. The molecule has 0 amide bonds. The van der Waals surface area contributed by atoms with Crippen molar-refractivity contribution >= 4 is 15.9 Å². The molecule has 2 aromatic carbocycles. The van der Waals surface area contributed by atoms with Crippen molar-refractivity contribution in [1.82, 2.24) is 0 Å². The van der Waals surface area contributed by atoms with Crippen molar-refractivity contribution in [1.29, 1.82) is 0 Å². The lowest BCUT2D eigenvalue weighted by atomic mass is 10.2. The zero-order chi connectivity index (χ0) is 12.8. The number of benzene rings is 2. The fourth-order valence-corrected chi connectivity index (χ4v) is 1.87. The molecular formula is C15H15BrO2. The van der Waals surface area contributed by atoms with Crippen LogP contribution in [0.5, 0.6) is 11.5 Å². The van der Waals surface area contributed by atoms with Crippen molar-refractivity contribution in [2.75, 3.05) is 13.7 Å². The Hall–Kier alpha value is -1.48. The highest BCUT2D eigenvalue weighted by Gasteiger charge is 1.97. The van der Waals surface area contributed by atoms with Gasteiger partial charge in [0.25, 0.3) is 0 Å². The van der Waals surface area contributed by atoms with E-state index in [2.05, 4.69) is 28.1 Å². The molecule has 0 saturated carbocycles. The van der Waals surface area contributed by atoms with Crippen LogP contribution in [0, 0.1) is 0 Å². The third-order valence-electron chi connectivity index (χ3n) is 2.63. The van der Waals surface area contributed by atoms with E-state index in [1.165, 1.54) is 5.56 Å². The van der Waals surface area contributed by atoms with E-state index in [0.717, 1.165) is 22.4 Å². The van der Waals surface area contributed by atoms with Gasteiger partial charge in [-0.25, -0.2) is 0 Å². The summed E-state index contributed by atoms with van der Waals surface area (Å²) in [6.07, 6.45) is 0.902. The number of hydrogen-bond acceptors (Lipinski definition) is 2. The monoisotopic (exact) mass is 306 g/mol. The largest absolute Gasteiger partial charge is 0.497 e. The smallest absolute Gasteiger partial charge is 0.119 e. The predicted molar refractivity (Wildman–Crippen MR) is 76.3 cm³/mol. The maximum absolute atomic E-state index is 5.67. The second-order valence-corrected chi connectivity index (χ2v) is 4.82. The first-order valence-electron chi connectivity index (χ1n) is 5.79. The van der Waals surface area contributed by atoms with Gasteiger partial charge in [0.2, 0.25) is 0 Å². The zero-order valence-corrected chi connectivity index (χ0v) is 11.8. The number of halogens is 1. The Morgan fingerprint density at radius 3 is 2.11 bits per heavy atom. The quantitative estimate of drug-likeness (QED) is 0.828. The fourth-order valence-electron chi connectivity index (χ4n) is 1.61. The van der Waals surface area contributed by atoms with Crippen LogP contribution < -0.4 is 9.47 Å². The summed E-state index contributed by atoms with van der Waals surface area (Å²) in [5.41, 5.74) is 1.27. The Morgan fingerprint density at radius 2 is 1.50 bits per heavy atom. The minimum Gasteiger partial charge on any atom is -0.497 e. The Morgan fingerprint density at radius 1 is 0.889 bits per heavy atom. The molecule has 0 aromatic heterocycles. The van der Waals surface area contributed by atoms with Crippen LogP contribution in [0.2, 0.25) is 0 Å². The van der Waals surface area contributed by atoms with Crippen molar-refractivity contribution in [3.05, 3.63) is 58.6 Å². The molecule has 2 nitrogen and oxygen atoms in total. The SMILES string of the molecule is COc1ccc(OCCc2ccc(Br)cc2)cc1. The van der Waals surface area contributed by atoms with Crippen molar-refractivity contribution in [3.63, 3.8) is 0 Å². The summed E-state index contributed by atoms with van der Waals surface area (Å²) in [5, 5.41) is 0. The molecule has 0 saturated heterocycles. The van der Waals surface area contributed by atoms with Gasteiger partial charge in [-0.3, -0.25) is 0 Å². The Kier molecular flexibility index (Phi) is 4.65. The molecule has 0 fully saturated rings. The number of hydrogen-bond donors (Lipinski definition) is 0. The summed E-state index contributed by atoms with van der Waals surface area (Å²) >= 11 is 3.42. The van der Waals surface area contributed by atoms with Crippen LogP contribution >= 0.6 is 15.9 Å². The summed E-state index contributed by atoms with van der Waals surface area (Å²) in [5.74, 6) is 1.71. The lowest BCUT2D eigenvalue weighted by Crippen LogP contribution is -2.01. The second-order valence-electron chi connectivity index (χ2n) is 3.90. The molecule has 0 radical (unpaired) electrons. The van der Waals surface area contributed by atoms with E-state index in [1.807, 2.05) is 36.4 Å². The van der Waals surface area contributed by atoms with Gasteiger partial charge in [0, 0.05) is 10.9 Å². The van der Waals surface area contributed by atoms with Crippen molar-refractivity contribution in [3.8, 4) is 11.5 Å². The normalized spacial score (nSPS) is 10.1. The third-order valence-corrected chi connectivity index (χ3v) is 3.16. The fraction of sp³-hybridized carbons (Fsp3) is 0.200. The molecule has 0 N–H and O–H groups in total. The van der Waals surface area contributed by atoms with E-state index >= 15 is 0 Å². The third kappa shape index (κ3) is 3.77. The summed E-state index contributed by atoms with van der Waals surface area (Å²) in [7, 11) is 1.66. The van der Waals surface area contributed by atoms with Crippen LogP contribution in [0.3, 0.4) is 0 Å². The molecule has 0 unspecified atom stereocenters. The maximum atomic E-state index is 5.67. The highest BCUT2D eigenvalue weighted by atomic mass is 79.9. The maximum Gasteiger partial charge on any atom is 0.119 e. The molecule has 0 aliphatic carbocycles. The summed E-state index contributed by atoms with van der Waals surface area (Å²) < 4.78 is 11.9. The summed E-state index contributed by atoms with van der Waals surface area (Å²) in [4.78, 5) is 0. The predicted octanol–water partition coefficient (Wildman–Crippen LogP) is 4.08. The molecule has 2 aromatic rings. The highest BCUT2D eigenvalue weighted by molar-refractivity contribution is 9.10. The van der Waals surface area contributed by atoms with E-state index < -0.39 is 0 Å². The van der Waals surface area contributed by atoms with Crippen LogP contribution in [0.1, 0.15) is 5.56 Å². The standard InChI is InChI=1S/C15H15BrO2/c1-17-14-6-8-15(9-7-14)18-11-10-12-2-4-13(16)5-3-12/h2-9H,10-11H2,1H3. The lowest BCUT2D eigenvalue weighted by molar-refractivity contribution is 0.321. The molecule has 18 heavy (non-hydrogen) atoms. The second kappa shape index (κ2) is 6.45. The van der Waals surface area contributed by atoms with E-state index in [9.17, 15) is 0 Å². The average molecular weight is 307 g/mol. The van der Waals surface area contributed by atoms with E-state index in [0.29, 0.717) is 6.61 Å². The van der Waals surface area contributed by atoms with Gasteiger partial charge in [-0.2, -0.15) is 0 Å². The van der Waals surface area contributed by atoms with Gasteiger partial charge in [-0.1, -0.05) is 28.1 Å². The lowest BCUT2D eigenvalue weighted by Gasteiger charge is -2.07. The number of methoxy groups -OCH3 is 1. The van der Waals surface area contributed by atoms with Crippen molar-refractivity contribution in [2.45, 2.75) is 6.42 Å². The van der Waals surface area contributed by atoms with Crippen molar-refractivity contribution < 1.29 is 9.47 Å². The number of ether oxygens (including phenoxy) is 2. The molecule has 0 bridgehead atoms. The van der Waals surface area contributed by atoms with Gasteiger partial charge in [0.1, 0.15) is 11.5 Å². The van der Waals surface area contributed by atoms with E-state index in [4.69, 9.17) is 9.47 Å². The van der Waals surface area contributed by atoms with E-state index in [1.54, 1.807) is 7.11 Å².